The van der Waals surface area contributed by atoms with Crippen LogP contribution in [0.2, 0.25) is 0 Å². The van der Waals surface area contributed by atoms with E-state index in [-0.39, 0.29) is 19.0 Å². The molecule has 0 fully saturated rings. The van der Waals surface area contributed by atoms with Crippen LogP contribution in [0.25, 0.3) is 0 Å². The van der Waals surface area contributed by atoms with Crippen molar-refractivity contribution in [3.05, 3.63) is 59.2 Å². The van der Waals surface area contributed by atoms with E-state index in [1.807, 2.05) is 32.0 Å². The van der Waals surface area contributed by atoms with E-state index < -0.39 is 10.0 Å². The highest BCUT2D eigenvalue weighted by atomic mass is 32.2. The molecule has 0 aliphatic carbocycles. The maximum absolute atomic E-state index is 12.3. The van der Waals surface area contributed by atoms with E-state index >= 15 is 0 Å². The molecular formula is C19H24N2O4S. The zero-order valence-corrected chi connectivity index (χ0v) is 16.3. The lowest BCUT2D eigenvalue weighted by atomic mass is 10.1. The fourth-order valence-corrected chi connectivity index (χ4v) is 3.82. The third kappa shape index (κ3) is 4.76. The molecule has 26 heavy (non-hydrogen) atoms. The van der Waals surface area contributed by atoms with Gasteiger partial charge in [0.25, 0.3) is 5.91 Å². The lowest BCUT2D eigenvalue weighted by molar-refractivity contribution is 0.0954. The van der Waals surface area contributed by atoms with Crippen LogP contribution in [0, 0.1) is 13.8 Å². The SMILES string of the molecule is COc1cccc(C(=O)NCCN(c2c(C)cccc2C)S(C)(=O)=O)c1. The van der Waals surface area contributed by atoms with Crippen LogP contribution in [0.5, 0.6) is 5.75 Å². The number of methoxy groups -OCH3 is 1. The number of carbonyl (C=O) groups is 1. The van der Waals surface area contributed by atoms with Crippen molar-refractivity contribution in [1.29, 1.82) is 0 Å². The molecule has 0 aliphatic rings. The summed E-state index contributed by atoms with van der Waals surface area (Å²) in [5, 5.41) is 2.76. The zero-order valence-electron chi connectivity index (χ0n) is 15.4. The van der Waals surface area contributed by atoms with Gasteiger partial charge in [0, 0.05) is 12.1 Å². The molecule has 0 saturated heterocycles. The van der Waals surface area contributed by atoms with Crippen LogP contribution in [-0.4, -0.2) is 40.8 Å². The molecule has 0 bridgehead atoms. The molecule has 7 heteroatoms. The van der Waals surface area contributed by atoms with Gasteiger partial charge in [0.05, 0.1) is 25.6 Å². The molecule has 140 valence electrons. The molecule has 2 aromatic carbocycles. The Morgan fingerprint density at radius 1 is 1.12 bits per heavy atom. The number of hydrogen-bond acceptors (Lipinski definition) is 4. The van der Waals surface area contributed by atoms with Crippen LogP contribution in [0.15, 0.2) is 42.5 Å². The Balaban J connectivity index is 2.12. The first-order chi connectivity index (χ1) is 12.2. The highest BCUT2D eigenvalue weighted by Gasteiger charge is 2.21. The first-order valence-corrected chi connectivity index (χ1v) is 10.0. The molecule has 0 aliphatic heterocycles. The van der Waals surface area contributed by atoms with Crippen molar-refractivity contribution in [3.8, 4) is 5.75 Å². The second kappa shape index (κ2) is 8.23. The third-order valence-electron chi connectivity index (χ3n) is 4.02. The highest BCUT2D eigenvalue weighted by molar-refractivity contribution is 7.92. The zero-order chi connectivity index (χ0) is 19.3. The Labute approximate surface area is 154 Å². The number of ether oxygens (including phenoxy) is 1. The normalized spacial score (nSPS) is 11.1. The molecule has 0 aromatic heterocycles. The van der Waals surface area contributed by atoms with Crippen molar-refractivity contribution in [2.75, 3.05) is 30.8 Å². The van der Waals surface area contributed by atoms with Gasteiger partial charge in [-0.1, -0.05) is 24.3 Å². The van der Waals surface area contributed by atoms with Crippen LogP contribution < -0.4 is 14.4 Å². The summed E-state index contributed by atoms with van der Waals surface area (Å²) >= 11 is 0. The van der Waals surface area contributed by atoms with Gasteiger partial charge < -0.3 is 10.1 Å². The maximum Gasteiger partial charge on any atom is 0.251 e. The summed E-state index contributed by atoms with van der Waals surface area (Å²) < 4.78 is 31.0. The minimum absolute atomic E-state index is 0.153. The lowest BCUT2D eigenvalue weighted by Gasteiger charge is -2.26. The van der Waals surface area contributed by atoms with Crippen LogP contribution >= 0.6 is 0 Å². The Morgan fingerprint density at radius 3 is 2.31 bits per heavy atom. The minimum Gasteiger partial charge on any atom is -0.497 e. The molecular weight excluding hydrogens is 352 g/mol. The number of para-hydroxylation sites is 1. The average Bonchev–Trinajstić information content (AvgIpc) is 2.59. The largest absolute Gasteiger partial charge is 0.497 e. The van der Waals surface area contributed by atoms with Gasteiger partial charge in [-0.3, -0.25) is 9.10 Å². The number of aryl methyl sites for hydroxylation is 2. The highest BCUT2D eigenvalue weighted by Crippen LogP contribution is 2.26. The molecule has 0 atom stereocenters. The first kappa shape index (κ1) is 19.8. The summed E-state index contributed by atoms with van der Waals surface area (Å²) in [6, 6.07) is 12.4. The van der Waals surface area contributed by atoms with E-state index in [0.717, 1.165) is 11.1 Å². The predicted octanol–water partition coefficient (Wildman–Crippen LogP) is 2.51. The first-order valence-electron chi connectivity index (χ1n) is 8.20. The number of nitrogens with zero attached hydrogens (tertiary/aromatic N) is 1. The van der Waals surface area contributed by atoms with Crippen molar-refractivity contribution in [2.24, 2.45) is 0 Å². The number of carbonyl (C=O) groups excluding carboxylic acids is 1. The number of nitrogens with one attached hydrogen (secondary N) is 1. The summed E-state index contributed by atoms with van der Waals surface area (Å²) in [5.41, 5.74) is 2.86. The Kier molecular flexibility index (Phi) is 6.26. The Bertz CT molecular complexity index is 874. The summed E-state index contributed by atoms with van der Waals surface area (Å²) in [7, 11) is -1.94. The van der Waals surface area contributed by atoms with E-state index in [0.29, 0.717) is 17.0 Å². The van der Waals surface area contributed by atoms with E-state index in [9.17, 15) is 13.2 Å². The molecule has 0 heterocycles. The molecule has 6 nitrogen and oxygen atoms in total. The molecule has 1 N–H and O–H groups in total. The van der Waals surface area contributed by atoms with Gasteiger partial charge in [-0.25, -0.2) is 8.42 Å². The number of benzene rings is 2. The van der Waals surface area contributed by atoms with Crippen LogP contribution in [0.3, 0.4) is 0 Å². The third-order valence-corrected chi connectivity index (χ3v) is 5.19. The fraction of sp³-hybridized carbons (Fsp3) is 0.316. The van der Waals surface area contributed by atoms with Gasteiger partial charge >= 0.3 is 0 Å². The molecule has 0 saturated carbocycles. The van der Waals surface area contributed by atoms with Crippen molar-refractivity contribution >= 4 is 21.6 Å². The van der Waals surface area contributed by atoms with E-state index in [2.05, 4.69) is 5.32 Å². The van der Waals surface area contributed by atoms with Gasteiger partial charge in [-0.05, 0) is 43.2 Å². The smallest absolute Gasteiger partial charge is 0.251 e. The fourth-order valence-electron chi connectivity index (χ4n) is 2.78. The summed E-state index contributed by atoms with van der Waals surface area (Å²) in [5.74, 6) is 0.310. The summed E-state index contributed by atoms with van der Waals surface area (Å²) in [6.07, 6.45) is 1.17. The summed E-state index contributed by atoms with van der Waals surface area (Å²) in [6.45, 7) is 4.09. The standard InChI is InChI=1S/C19H24N2O4S/c1-14-7-5-8-15(2)18(14)21(26(4,23)24)12-11-20-19(22)16-9-6-10-17(13-16)25-3/h5-10,13H,11-12H2,1-4H3,(H,20,22). The Hall–Kier alpha value is -2.54. The second-order valence-electron chi connectivity index (χ2n) is 6.06. The number of sulfonamides is 1. The minimum atomic E-state index is -3.47. The van der Waals surface area contributed by atoms with Crippen LogP contribution in [-0.2, 0) is 10.0 Å². The van der Waals surface area contributed by atoms with Crippen molar-refractivity contribution in [3.63, 3.8) is 0 Å². The lowest BCUT2D eigenvalue weighted by Crippen LogP contribution is -2.38. The molecule has 0 spiro atoms. The van der Waals surface area contributed by atoms with Crippen molar-refractivity contribution in [1.82, 2.24) is 5.32 Å². The van der Waals surface area contributed by atoms with Gasteiger partial charge in [-0.15, -0.1) is 0 Å². The number of amides is 1. The maximum atomic E-state index is 12.3. The Morgan fingerprint density at radius 2 is 1.73 bits per heavy atom. The van der Waals surface area contributed by atoms with E-state index in [1.54, 1.807) is 24.3 Å². The van der Waals surface area contributed by atoms with Gasteiger partial charge in [0.15, 0.2) is 0 Å². The van der Waals surface area contributed by atoms with Crippen LogP contribution in [0.1, 0.15) is 21.5 Å². The quantitative estimate of drug-likeness (QED) is 0.806. The number of anilines is 1. The van der Waals surface area contributed by atoms with Crippen molar-refractivity contribution < 1.29 is 17.9 Å². The number of hydrogen-bond donors (Lipinski definition) is 1. The average molecular weight is 376 g/mol. The van der Waals surface area contributed by atoms with Crippen molar-refractivity contribution in [2.45, 2.75) is 13.8 Å². The van der Waals surface area contributed by atoms with Gasteiger partial charge in [0.1, 0.15) is 5.75 Å². The molecule has 0 unspecified atom stereocenters. The monoisotopic (exact) mass is 376 g/mol. The molecule has 1 amide bonds. The second-order valence-corrected chi connectivity index (χ2v) is 7.97. The van der Waals surface area contributed by atoms with E-state index in [4.69, 9.17) is 4.74 Å². The topological polar surface area (TPSA) is 75.7 Å². The number of rotatable bonds is 7. The predicted molar refractivity (Wildman–Crippen MR) is 103 cm³/mol. The molecule has 0 radical (unpaired) electrons. The van der Waals surface area contributed by atoms with Gasteiger partial charge in [0.2, 0.25) is 10.0 Å². The summed E-state index contributed by atoms with van der Waals surface area (Å²) in [4.78, 5) is 12.3. The van der Waals surface area contributed by atoms with Crippen LogP contribution in [0.4, 0.5) is 5.69 Å². The van der Waals surface area contributed by atoms with Gasteiger partial charge in [-0.2, -0.15) is 0 Å². The van der Waals surface area contributed by atoms with E-state index in [1.165, 1.54) is 17.7 Å². The molecule has 2 rings (SSSR count). The molecule has 2 aromatic rings.